The first kappa shape index (κ1) is 12.7. The van der Waals surface area contributed by atoms with Crippen LogP contribution in [0.5, 0.6) is 0 Å². The quantitative estimate of drug-likeness (QED) is 0.883. The first-order chi connectivity index (χ1) is 7.06. The maximum absolute atomic E-state index is 13.6. The van der Waals surface area contributed by atoms with Gasteiger partial charge in [0.05, 0.1) is 0 Å². The predicted octanol–water partition coefficient (Wildman–Crippen LogP) is 3.69. The average molecular weight is 274 g/mol. The Morgan fingerprint density at radius 1 is 1.40 bits per heavy atom. The van der Waals surface area contributed by atoms with Crippen LogP contribution in [0.4, 0.5) is 4.39 Å². The molecule has 15 heavy (non-hydrogen) atoms. The van der Waals surface area contributed by atoms with Gasteiger partial charge in [-0.25, -0.2) is 4.39 Å². The molecular weight excluding hydrogens is 257 g/mol. The van der Waals surface area contributed by atoms with Gasteiger partial charge in [0, 0.05) is 10.5 Å². The lowest BCUT2D eigenvalue weighted by molar-refractivity contribution is 0.475. The summed E-state index contributed by atoms with van der Waals surface area (Å²) in [6, 6.07) is 5.53. The van der Waals surface area contributed by atoms with Crippen molar-refractivity contribution < 1.29 is 4.39 Å². The Balaban J connectivity index is 2.86. The summed E-state index contributed by atoms with van der Waals surface area (Å²) in [6.45, 7) is 7.08. The molecule has 0 fully saturated rings. The van der Waals surface area contributed by atoms with E-state index in [9.17, 15) is 4.39 Å². The van der Waals surface area contributed by atoms with Crippen LogP contribution in [0.1, 0.15) is 32.3 Å². The Bertz CT molecular complexity index is 327. The van der Waals surface area contributed by atoms with Crippen molar-refractivity contribution in [2.45, 2.75) is 32.7 Å². The number of hydrogen-bond acceptors (Lipinski definition) is 1. The molecule has 84 valence electrons. The van der Waals surface area contributed by atoms with Crippen molar-refractivity contribution >= 4 is 15.9 Å². The number of rotatable bonds is 4. The minimum Gasteiger partial charge on any atom is -0.314 e. The maximum Gasteiger partial charge on any atom is 0.127 e. The molecule has 1 rings (SSSR count). The van der Waals surface area contributed by atoms with Gasteiger partial charge in [0.15, 0.2) is 0 Å². The third-order valence-electron chi connectivity index (χ3n) is 2.73. The van der Waals surface area contributed by atoms with Crippen LogP contribution in [0.15, 0.2) is 22.7 Å². The molecule has 0 aliphatic carbocycles. The molecule has 0 amide bonds. The SMILES string of the molecule is CCNC(C)C(C)c1ccc(Br)cc1F. The van der Waals surface area contributed by atoms with Gasteiger partial charge in [-0.15, -0.1) is 0 Å². The second-order valence-electron chi connectivity index (χ2n) is 3.80. The lowest BCUT2D eigenvalue weighted by atomic mass is 9.94. The van der Waals surface area contributed by atoms with E-state index in [-0.39, 0.29) is 17.8 Å². The summed E-state index contributed by atoms with van der Waals surface area (Å²) in [5.74, 6) is 0.0414. The van der Waals surface area contributed by atoms with Gasteiger partial charge in [-0.3, -0.25) is 0 Å². The highest BCUT2D eigenvalue weighted by atomic mass is 79.9. The highest BCUT2D eigenvalue weighted by molar-refractivity contribution is 9.10. The van der Waals surface area contributed by atoms with Gasteiger partial charge in [0.2, 0.25) is 0 Å². The second-order valence-corrected chi connectivity index (χ2v) is 4.72. The van der Waals surface area contributed by atoms with Gasteiger partial charge in [-0.1, -0.05) is 35.8 Å². The van der Waals surface area contributed by atoms with Crippen LogP contribution in [0.25, 0.3) is 0 Å². The van der Waals surface area contributed by atoms with Gasteiger partial charge in [-0.2, -0.15) is 0 Å². The van der Waals surface area contributed by atoms with Crippen molar-refractivity contribution in [3.8, 4) is 0 Å². The molecule has 0 bridgehead atoms. The Morgan fingerprint density at radius 3 is 2.60 bits per heavy atom. The molecule has 2 unspecified atom stereocenters. The van der Waals surface area contributed by atoms with Crippen molar-refractivity contribution in [2.24, 2.45) is 0 Å². The highest BCUT2D eigenvalue weighted by Gasteiger charge is 2.16. The number of likely N-dealkylation sites (N-methyl/N-ethyl adjacent to an activating group) is 1. The van der Waals surface area contributed by atoms with Gasteiger partial charge >= 0.3 is 0 Å². The predicted molar refractivity (Wildman–Crippen MR) is 65.7 cm³/mol. The summed E-state index contributed by atoms with van der Waals surface area (Å²) < 4.78 is 14.4. The lowest BCUT2D eigenvalue weighted by Gasteiger charge is -2.21. The fourth-order valence-corrected chi connectivity index (χ4v) is 1.97. The van der Waals surface area contributed by atoms with Crippen LogP contribution in [0, 0.1) is 5.82 Å². The largest absolute Gasteiger partial charge is 0.314 e. The molecule has 1 nitrogen and oxygen atoms in total. The summed E-state index contributed by atoms with van der Waals surface area (Å²) in [6.07, 6.45) is 0. The Hall–Kier alpha value is -0.410. The molecule has 3 heteroatoms. The highest BCUT2D eigenvalue weighted by Crippen LogP contribution is 2.24. The Labute approximate surface area is 99.2 Å². The summed E-state index contributed by atoms with van der Waals surface area (Å²) in [5.41, 5.74) is 0.770. The number of benzene rings is 1. The van der Waals surface area contributed by atoms with Gasteiger partial charge in [0.25, 0.3) is 0 Å². The number of halogens is 2. The molecule has 0 radical (unpaired) electrons. The molecule has 0 aromatic heterocycles. The van der Waals surface area contributed by atoms with E-state index in [4.69, 9.17) is 0 Å². The fraction of sp³-hybridized carbons (Fsp3) is 0.500. The molecule has 0 aliphatic rings. The number of nitrogens with one attached hydrogen (secondary N) is 1. The average Bonchev–Trinajstić information content (AvgIpc) is 2.17. The van der Waals surface area contributed by atoms with Gasteiger partial charge in [0.1, 0.15) is 5.82 Å². The Morgan fingerprint density at radius 2 is 2.07 bits per heavy atom. The minimum atomic E-state index is -0.137. The summed E-state index contributed by atoms with van der Waals surface area (Å²) in [4.78, 5) is 0. The smallest absolute Gasteiger partial charge is 0.127 e. The summed E-state index contributed by atoms with van der Waals surface area (Å²) >= 11 is 3.26. The molecule has 1 aromatic rings. The zero-order valence-electron chi connectivity index (χ0n) is 9.35. The van der Waals surface area contributed by atoms with Crippen molar-refractivity contribution in [3.05, 3.63) is 34.1 Å². The first-order valence-electron chi connectivity index (χ1n) is 5.24. The molecule has 0 saturated carbocycles. The maximum atomic E-state index is 13.6. The van der Waals surface area contributed by atoms with Crippen molar-refractivity contribution in [1.29, 1.82) is 0 Å². The van der Waals surface area contributed by atoms with E-state index in [2.05, 4.69) is 35.1 Å². The van der Waals surface area contributed by atoms with E-state index in [0.29, 0.717) is 0 Å². The van der Waals surface area contributed by atoms with E-state index >= 15 is 0 Å². The monoisotopic (exact) mass is 273 g/mol. The van der Waals surface area contributed by atoms with E-state index < -0.39 is 0 Å². The van der Waals surface area contributed by atoms with E-state index in [1.54, 1.807) is 0 Å². The van der Waals surface area contributed by atoms with Crippen LogP contribution in [-0.4, -0.2) is 12.6 Å². The normalized spacial score (nSPS) is 15.0. The minimum absolute atomic E-state index is 0.137. The standard InChI is InChI=1S/C12H17BrFN/c1-4-15-9(3)8(2)11-6-5-10(13)7-12(11)14/h5-9,15H,4H2,1-3H3. The van der Waals surface area contributed by atoms with Crippen molar-refractivity contribution in [1.82, 2.24) is 5.32 Å². The van der Waals surface area contributed by atoms with E-state index in [0.717, 1.165) is 16.6 Å². The molecule has 0 aliphatic heterocycles. The van der Waals surface area contributed by atoms with Crippen LogP contribution < -0.4 is 5.32 Å². The molecule has 0 spiro atoms. The topological polar surface area (TPSA) is 12.0 Å². The molecular formula is C12H17BrFN. The van der Waals surface area contributed by atoms with Crippen LogP contribution in [-0.2, 0) is 0 Å². The van der Waals surface area contributed by atoms with Crippen LogP contribution >= 0.6 is 15.9 Å². The summed E-state index contributed by atoms with van der Waals surface area (Å²) in [7, 11) is 0. The van der Waals surface area contributed by atoms with E-state index in [1.807, 2.05) is 19.1 Å². The zero-order valence-corrected chi connectivity index (χ0v) is 10.9. The molecule has 0 heterocycles. The second kappa shape index (κ2) is 5.61. The molecule has 1 aromatic carbocycles. The zero-order chi connectivity index (χ0) is 11.4. The summed E-state index contributed by atoms with van der Waals surface area (Å²) in [5, 5.41) is 3.31. The third kappa shape index (κ3) is 3.28. The fourth-order valence-electron chi connectivity index (χ4n) is 1.64. The lowest BCUT2D eigenvalue weighted by Crippen LogP contribution is -2.30. The van der Waals surface area contributed by atoms with Crippen molar-refractivity contribution in [3.63, 3.8) is 0 Å². The van der Waals surface area contributed by atoms with E-state index in [1.165, 1.54) is 6.07 Å². The first-order valence-corrected chi connectivity index (χ1v) is 6.04. The van der Waals surface area contributed by atoms with Crippen LogP contribution in [0.3, 0.4) is 0 Å². The Kier molecular flexibility index (Phi) is 4.74. The van der Waals surface area contributed by atoms with Crippen molar-refractivity contribution in [2.75, 3.05) is 6.54 Å². The van der Waals surface area contributed by atoms with Crippen LogP contribution in [0.2, 0.25) is 0 Å². The van der Waals surface area contributed by atoms with Gasteiger partial charge in [-0.05, 0) is 37.1 Å². The number of hydrogen-bond donors (Lipinski definition) is 1. The molecule has 1 N–H and O–H groups in total. The third-order valence-corrected chi connectivity index (χ3v) is 3.22. The van der Waals surface area contributed by atoms with Gasteiger partial charge < -0.3 is 5.32 Å². The molecule has 0 saturated heterocycles. The molecule has 2 atom stereocenters.